The van der Waals surface area contributed by atoms with E-state index in [2.05, 4.69) is 6.58 Å². The van der Waals surface area contributed by atoms with Gasteiger partial charge in [-0.3, -0.25) is 9.59 Å². The smallest absolute Gasteiger partial charge is 0.228 e. The van der Waals surface area contributed by atoms with Crippen LogP contribution in [0, 0.1) is 11.8 Å². The fourth-order valence-corrected chi connectivity index (χ4v) is 3.78. The van der Waals surface area contributed by atoms with Crippen LogP contribution in [0.4, 0.5) is 5.69 Å². The molecule has 6 heteroatoms. The van der Waals surface area contributed by atoms with Gasteiger partial charge < -0.3 is 19.3 Å². The molecular formula is C21H28N2O4. The van der Waals surface area contributed by atoms with E-state index in [0.29, 0.717) is 19.1 Å². The zero-order chi connectivity index (χ0) is 19.2. The average Bonchev–Trinajstić information content (AvgIpc) is 3.10. The number of benzene rings is 1. The lowest BCUT2D eigenvalue weighted by Gasteiger charge is -2.33. The zero-order valence-electron chi connectivity index (χ0n) is 15.9. The summed E-state index contributed by atoms with van der Waals surface area (Å²) in [5.74, 6) is 1.09. The molecule has 2 amide bonds. The summed E-state index contributed by atoms with van der Waals surface area (Å²) >= 11 is 0. The summed E-state index contributed by atoms with van der Waals surface area (Å²) in [5.41, 5.74) is 0.814. The number of carbonyl (C=O) groups is 2. The van der Waals surface area contributed by atoms with Gasteiger partial charge in [0.2, 0.25) is 11.8 Å². The molecule has 2 heterocycles. The van der Waals surface area contributed by atoms with Crippen LogP contribution in [0.25, 0.3) is 0 Å². The fraction of sp³-hybridized carbons (Fsp3) is 0.524. The van der Waals surface area contributed by atoms with E-state index in [1.54, 1.807) is 18.1 Å². The molecular weight excluding hydrogens is 344 g/mol. The third kappa shape index (κ3) is 4.69. The van der Waals surface area contributed by atoms with Crippen LogP contribution < -0.4 is 9.64 Å². The Hall–Kier alpha value is -2.34. The van der Waals surface area contributed by atoms with Gasteiger partial charge in [0.25, 0.3) is 0 Å². The fourth-order valence-electron chi connectivity index (χ4n) is 3.78. The SMILES string of the molecule is C=CCOCC1CCN(C(=O)C2CC(=O)N(c3ccc(OC)cc3)C2)CC1. The first-order valence-corrected chi connectivity index (χ1v) is 9.54. The molecule has 27 heavy (non-hydrogen) atoms. The summed E-state index contributed by atoms with van der Waals surface area (Å²) in [5, 5.41) is 0. The maximum absolute atomic E-state index is 12.9. The van der Waals surface area contributed by atoms with Gasteiger partial charge in [-0.1, -0.05) is 6.08 Å². The van der Waals surface area contributed by atoms with E-state index in [1.165, 1.54) is 0 Å². The van der Waals surface area contributed by atoms with Crippen LogP contribution in [-0.4, -0.2) is 56.7 Å². The lowest BCUT2D eigenvalue weighted by Crippen LogP contribution is -2.43. The highest BCUT2D eigenvalue weighted by molar-refractivity contribution is 6.00. The zero-order valence-corrected chi connectivity index (χ0v) is 15.9. The highest BCUT2D eigenvalue weighted by Gasteiger charge is 2.38. The second kappa shape index (κ2) is 9.04. The Bertz CT molecular complexity index is 665. The summed E-state index contributed by atoms with van der Waals surface area (Å²) in [6.45, 7) is 6.89. The third-order valence-electron chi connectivity index (χ3n) is 5.37. The number of likely N-dealkylation sites (tertiary alicyclic amines) is 1. The molecule has 2 fully saturated rings. The van der Waals surface area contributed by atoms with Gasteiger partial charge in [0.05, 0.1) is 19.6 Å². The first-order chi connectivity index (χ1) is 13.1. The van der Waals surface area contributed by atoms with Crippen LogP contribution in [0.1, 0.15) is 19.3 Å². The van der Waals surface area contributed by atoms with E-state index >= 15 is 0 Å². The first kappa shape index (κ1) is 19.4. The third-order valence-corrected chi connectivity index (χ3v) is 5.37. The topological polar surface area (TPSA) is 59.1 Å². The quantitative estimate of drug-likeness (QED) is 0.545. The van der Waals surface area contributed by atoms with Crippen molar-refractivity contribution in [3.05, 3.63) is 36.9 Å². The van der Waals surface area contributed by atoms with Gasteiger partial charge in [-0.25, -0.2) is 0 Å². The van der Waals surface area contributed by atoms with Crippen molar-refractivity contribution in [2.75, 3.05) is 44.9 Å². The summed E-state index contributed by atoms with van der Waals surface area (Å²) in [7, 11) is 1.61. The van der Waals surface area contributed by atoms with Crippen molar-refractivity contribution in [1.29, 1.82) is 0 Å². The van der Waals surface area contributed by atoms with Crippen molar-refractivity contribution in [3.8, 4) is 5.75 Å². The molecule has 146 valence electrons. The van der Waals surface area contributed by atoms with Gasteiger partial charge >= 0.3 is 0 Å². The Kier molecular flexibility index (Phi) is 6.50. The van der Waals surface area contributed by atoms with Crippen molar-refractivity contribution in [2.24, 2.45) is 11.8 Å². The minimum atomic E-state index is -0.256. The molecule has 1 aromatic carbocycles. The van der Waals surface area contributed by atoms with Crippen molar-refractivity contribution in [3.63, 3.8) is 0 Å². The molecule has 2 saturated heterocycles. The predicted molar refractivity (Wildman–Crippen MR) is 104 cm³/mol. The molecule has 2 aliphatic heterocycles. The minimum absolute atomic E-state index is 0.00577. The number of methoxy groups -OCH3 is 1. The average molecular weight is 372 g/mol. The van der Waals surface area contributed by atoms with Gasteiger partial charge in [-0.15, -0.1) is 6.58 Å². The minimum Gasteiger partial charge on any atom is -0.497 e. The van der Waals surface area contributed by atoms with Gasteiger partial charge in [0, 0.05) is 38.3 Å². The molecule has 0 bridgehead atoms. The van der Waals surface area contributed by atoms with E-state index in [4.69, 9.17) is 9.47 Å². The molecule has 0 radical (unpaired) electrons. The number of anilines is 1. The number of rotatable bonds is 7. The standard InChI is InChI=1S/C21H28N2O4/c1-3-12-27-15-16-8-10-22(11-9-16)21(25)17-13-20(24)23(14-17)18-4-6-19(26-2)7-5-18/h3-7,16-17H,1,8-15H2,2H3. The molecule has 6 nitrogen and oxygen atoms in total. The molecule has 1 atom stereocenters. The van der Waals surface area contributed by atoms with E-state index in [0.717, 1.165) is 44.0 Å². The number of nitrogens with zero attached hydrogens (tertiary/aromatic N) is 2. The van der Waals surface area contributed by atoms with Crippen molar-refractivity contribution in [1.82, 2.24) is 4.90 Å². The molecule has 0 saturated carbocycles. The lowest BCUT2D eigenvalue weighted by atomic mass is 9.96. The Morgan fingerprint density at radius 3 is 2.59 bits per heavy atom. The number of amides is 2. The number of hydrogen-bond acceptors (Lipinski definition) is 4. The molecule has 2 aliphatic rings. The highest BCUT2D eigenvalue weighted by atomic mass is 16.5. The Morgan fingerprint density at radius 2 is 1.96 bits per heavy atom. The van der Waals surface area contributed by atoms with Crippen molar-refractivity contribution >= 4 is 17.5 Å². The monoisotopic (exact) mass is 372 g/mol. The van der Waals surface area contributed by atoms with Crippen LogP contribution >= 0.6 is 0 Å². The van der Waals surface area contributed by atoms with Crippen LogP contribution in [0.2, 0.25) is 0 Å². The predicted octanol–water partition coefficient (Wildman–Crippen LogP) is 2.49. The Balaban J connectivity index is 1.52. The molecule has 1 unspecified atom stereocenters. The lowest BCUT2D eigenvalue weighted by molar-refractivity contribution is -0.137. The maximum Gasteiger partial charge on any atom is 0.228 e. The van der Waals surface area contributed by atoms with E-state index < -0.39 is 0 Å². The second-order valence-electron chi connectivity index (χ2n) is 7.20. The van der Waals surface area contributed by atoms with Gasteiger partial charge in [0.1, 0.15) is 5.75 Å². The summed E-state index contributed by atoms with van der Waals surface area (Å²) < 4.78 is 10.7. The van der Waals surface area contributed by atoms with Gasteiger partial charge in [-0.2, -0.15) is 0 Å². The first-order valence-electron chi connectivity index (χ1n) is 9.54. The van der Waals surface area contributed by atoms with E-state index in [-0.39, 0.29) is 24.2 Å². The molecule has 0 N–H and O–H groups in total. The number of carbonyl (C=O) groups excluding carboxylic acids is 2. The van der Waals surface area contributed by atoms with E-state index in [9.17, 15) is 9.59 Å². The van der Waals surface area contributed by atoms with Crippen molar-refractivity contribution in [2.45, 2.75) is 19.3 Å². The Morgan fingerprint density at radius 1 is 1.26 bits per heavy atom. The second-order valence-corrected chi connectivity index (χ2v) is 7.20. The van der Waals surface area contributed by atoms with E-state index in [1.807, 2.05) is 29.2 Å². The number of piperidine rings is 1. The molecule has 0 spiro atoms. The summed E-state index contributed by atoms with van der Waals surface area (Å²) in [6, 6.07) is 7.38. The normalized spacial score (nSPS) is 20.8. The molecule has 0 aromatic heterocycles. The number of hydrogen-bond donors (Lipinski definition) is 0. The molecule has 3 rings (SSSR count). The van der Waals surface area contributed by atoms with Gasteiger partial charge in [-0.05, 0) is 43.0 Å². The van der Waals surface area contributed by atoms with Gasteiger partial charge in [0.15, 0.2) is 0 Å². The molecule has 1 aromatic rings. The highest BCUT2D eigenvalue weighted by Crippen LogP contribution is 2.29. The maximum atomic E-state index is 12.9. The largest absolute Gasteiger partial charge is 0.497 e. The van der Waals surface area contributed by atoms with Crippen LogP contribution in [0.3, 0.4) is 0 Å². The van der Waals surface area contributed by atoms with Crippen LogP contribution in [0.15, 0.2) is 36.9 Å². The van der Waals surface area contributed by atoms with Crippen LogP contribution in [-0.2, 0) is 14.3 Å². The van der Waals surface area contributed by atoms with Crippen molar-refractivity contribution < 1.29 is 19.1 Å². The Labute approximate surface area is 160 Å². The molecule has 0 aliphatic carbocycles. The summed E-state index contributed by atoms with van der Waals surface area (Å²) in [6.07, 6.45) is 3.94. The summed E-state index contributed by atoms with van der Waals surface area (Å²) in [4.78, 5) is 28.9. The van der Waals surface area contributed by atoms with Crippen LogP contribution in [0.5, 0.6) is 5.75 Å². The number of ether oxygens (including phenoxy) is 2.